The number of para-hydroxylation sites is 1. The van der Waals surface area contributed by atoms with Crippen LogP contribution in [-0.2, 0) is 4.79 Å². The van der Waals surface area contributed by atoms with Crippen molar-refractivity contribution in [1.29, 1.82) is 5.26 Å². The summed E-state index contributed by atoms with van der Waals surface area (Å²) in [4.78, 5) is 11.8. The molecule has 146 valence electrons. The summed E-state index contributed by atoms with van der Waals surface area (Å²) in [5, 5.41) is 12.6. The van der Waals surface area contributed by atoms with Gasteiger partial charge in [0, 0.05) is 0 Å². The SMILES string of the molecule is COc1cc(/C=N\NC(=O)COc2ccccc2C#N)cc(Cl)c1OC(F)F. The highest BCUT2D eigenvalue weighted by atomic mass is 35.5. The van der Waals surface area contributed by atoms with Gasteiger partial charge in [0.05, 0.1) is 23.9 Å². The van der Waals surface area contributed by atoms with Crippen molar-refractivity contribution < 1.29 is 27.8 Å². The van der Waals surface area contributed by atoms with Gasteiger partial charge in [-0.05, 0) is 29.8 Å². The minimum atomic E-state index is -3.06. The number of rotatable bonds is 8. The molecule has 28 heavy (non-hydrogen) atoms. The van der Waals surface area contributed by atoms with Crippen LogP contribution in [0.3, 0.4) is 0 Å². The van der Waals surface area contributed by atoms with Crippen molar-refractivity contribution in [3.05, 3.63) is 52.5 Å². The third-order valence-electron chi connectivity index (χ3n) is 3.23. The summed E-state index contributed by atoms with van der Waals surface area (Å²) < 4.78 is 39.4. The van der Waals surface area contributed by atoms with Crippen LogP contribution < -0.4 is 19.6 Å². The van der Waals surface area contributed by atoms with Crippen LogP contribution in [0.5, 0.6) is 17.2 Å². The summed E-state index contributed by atoms with van der Waals surface area (Å²) in [6.45, 7) is -3.42. The van der Waals surface area contributed by atoms with E-state index in [2.05, 4.69) is 15.3 Å². The van der Waals surface area contributed by atoms with Gasteiger partial charge in [-0.1, -0.05) is 23.7 Å². The smallest absolute Gasteiger partial charge is 0.387 e. The average Bonchev–Trinajstić information content (AvgIpc) is 2.68. The molecule has 0 saturated carbocycles. The van der Waals surface area contributed by atoms with Crippen molar-refractivity contribution in [3.8, 4) is 23.3 Å². The van der Waals surface area contributed by atoms with Crippen LogP contribution in [-0.4, -0.2) is 32.4 Å². The van der Waals surface area contributed by atoms with Gasteiger partial charge in [-0.3, -0.25) is 4.79 Å². The Labute approximate surface area is 164 Å². The summed E-state index contributed by atoms with van der Waals surface area (Å²) in [6.07, 6.45) is 1.24. The second kappa shape index (κ2) is 10.1. The van der Waals surface area contributed by atoms with Crippen molar-refractivity contribution in [2.45, 2.75) is 6.61 Å². The van der Waals surface area contributed by atoms with Gasteiger partial charge in [0.2, 0.25) is 0 Å². The highest BCUT2D eigenvalue weighted by molar-refractivity contribution is 6.32. The number of hydrogen-bond donors (Lipinski definition) is 1. The molecule has 0 fully saturated rings. The molecule has 0 aliphatic rings. The molecule has 1 amide bonds. The molecule has 0 atom stereocenters. The highest BCUT2D eigenvalue weighted by Gasteiger charge is 2.15. The molecule has 10 heteroatoms. The van der Waals surface area contributed by atoms with E-state index >= 15 is 0 Å². The van der Waals surface area contributed by atoms with E-state index in [0.717, 1.165) is 0 Å². The van der Waals surface area contributed by atoms with Crippen molar-refractivity contribution in [3.63, 3.8) is 0 Å². The summed E-state index contributed by atoms with van der Waals surface area (Å²) in [5.41, 5.74) is 2.90. The van der Waals surface area contributed by atoms with Gasteiger partial charge in [0.15, 0.2) is 18.1 Å². The molecule has 0 unspecified atom stereocenters. The Bertz CT molecular complexity index is 916. The second-order valence-corrected chi connectivity index (χ2v) is 5.51. The molecule has 2 rings (SSSR count). The van der Waals surface area contributed by atoms with Gasteiger partial charge in [-0.15, -0.1) is 0 Å². The first-order chi connectivity index (χ1) is 13.4. The van der Waals surface area contributed by atoms with Crippen LogP contribution in [0.2, 0.25) is 5.02 Å². The Hall–Kier alpha value is -3.38. The third kappa shape index (κ3) is 5.82. The van der Waals surface area contributed by atoms with E-state index in [1.807, 2.05) is 6.07 Å². The third-order valence-corrected chi connectivity index (χ3v) is 3.51. The van der Waals surface area contributed by atoms with Crippen LogP contribution in [0.1, 0.15) is 11.1 Å². The largest absolute Gasteiger partial charge is 0.493 e. The number of carbonyl (C=O) groups is 1. The number of benzene rings is 2. The van der Waals surface area contributed by atoms with Crippen molar-refractivity contribution >= 4 is 23.7 Å². The van der Waals surface area contributed by atoms with Crippen LogP contribution in [0.4, 0.5) is 8.78 Å². The molecule has 0 spiro atoms. The van der Waals surface area contributed by atoms with E-state index in [-0.39, 0.29) is 28.9 Å². The lowest BCUT2D eigenvalue weighted by molar-refractivity contribution is -0.123. The maximum atomic E-state index is 12.4. The first-order valence-corrected chi connectivity index (χ1v) is 8.08. The molecule has 0 aliphatic carbocycles. The monoisotopic (exact) mass is 409 g/mol. The van der Waals surface area contributed by atoms with Crippen LogP contribution in [0.15, 0.2) is 41.5 Å². The van der Waals surface area contributed by atoms with Crippen LogP contribution >= 0.6 is 11.6 Å². The van der Waals surface area contributed by atoms with Crippen molar-refractivity contribution in [2.24, 2.45) is 5.10 Å². The Balaban J connectivity index is 1.97. The Kier molecular flexibility index (Phi) is 7.54. The van der Waals surface area contributed by atoms with E-state index in [0.29, 0.717) is 11.1 Å². The molecular weight excluding hydrogens is 396 g/mol. The summed E-state index contributed by atoms with van der Waals surface area (Å²) >= 11 is 5.91. The highest BCUT2D eigenvalue weighted by Crippen LogP contribution is 2.37. The molecule has 7 nitrogen and oxygen atoms in total. The Morgan fingerprint density at radius 3 is 2.79 bits per heavy atom. The number of nitrogens with zero attached hydrogens (tertiary/aromatic N) is 2. The van der Waals surface area contributed by atoms with E-state index in [1.54, 1.807) is 24.3 Å². The second-order valence-electron chi connectivity index (χ2n) is 5.10. The Morgan fingerprint density at radius 1 is 1.36 bits per heavy atom. The molecule has 0 heterocycles. The van der Waals surface area contributed by atoms with Gasteiger partial charge >= 0.3 is 6.61 Å². The molecule has 1 N–H and O–H groups in total. The normalized spacial score (nSPS) is 10.6. The van der Waals surface area contributed by atoms with Crippen LogP contribution in [0, 0.1) is 11.3 Å². The Morgan fingerprint density at radius 2 is 2.11 bits per heavy atom. The van der Waals surface area contributed by atoms with E-state index < -0.39 is 12.5 Å². The predicted octanol–water partition coefficient (Wildman–Crippen LogP) is 3.35. The number of nitrogens with one attached hydrogen (secondary N) is 1. The number of amides is 1. The van der Waals surface area contributed by atoms with Gasteiger partial charge in [0.1, 0.15) is 11.8 Å². The van der Waals surface area contributed by atoms with Crippen molar-refractivity contribution in [1.82, 2.24) is 5.43 Å². The number of halogens is 3. The lowest BCUT2D eigenvalue weighted by Crippen LogP contribution is -2.24. The van der Waals surface area contributed by atoms with E-state index in [9.17, 15) is 13.6 Å². The first-order valence-electron chi connectivity index (χ1n) is 7.70. The molecular formula is C18H14ClF2N3O4. The standard InChI is InChI=1S/C18H14ClF2N3O4/c1-26-15-7-11(6-13(19)17(15)28-18(20)21)9-23-24-16(25)10-27-14-5-3-2-4-12(14)8-22/h2-7,9,18H,10H2,1H3,(H,24,25)/b23-9-. The van der Waals surface area contributed by atoms with Gasteiger partial charge in [0.25, 0.3) is 5.91 Å². The molecule has 0 saturated heterocycles. The zero-order valence-corrected chi connectivity index (χ0v) is 15.2. The van der Waals surface area contributed by atoms with Crippen LogP contribution in [0.25, 0.3) is 0 Å². The number of methoxy groups -OCH3 is 1. The van der Waals surface area contributed by atoms with Gasteiger partial charge in [-0.2, -0.15) is 19.1 Å². The lowest BCUT2D eigenvalue weighted by atomic mass is 10.2. The number of ether oxygens (including phenoxy) is 3. The number of hydrazone groups is 1. The molecule has 2 aromatic carbocycles. The minimum Gasteiger partial charge on any atom is -0.493 e. The quantitative estimate of drug-likeness (QED) is 0.533. The summed E-state index contributed by atoms with van der Waals surface area (Å²) in [6, 6.07) is 11.1. The fourth-order valence-corrected chi connectivity index (χ4v) is 2.32. The zero-order valence-electron chi connectivity index (χ0n) is 14.5. The minimum absolute atomic E-state index is 0.0166. The predicted molar refractivity (Wildman–Crippen MR) is 97.0 cm³/mol. The molecule has 0 bridgehead atoms. The van der Waals surface area contributed by atoms with E-state index in [4.69, 9.17) is 26.3 Å². The fraction of sp³-hybridized carbons (Fsp3) is 0.167. The zero-order chi connectivity index (χ0) is 20.5. The lowest BCUT2D eigenvalue weighted by Gasteiger charge is -2.12. The molecule has 0 aromatic heterocycles. The fourth-order valence-electron chi connectivity index (χ4n) is 2.06. The molecule has 0 aliphatic heterocycles. The maximum Gasteiger partial charge on any atom is 0.387 e. The number of nitriles is 1. The van der Waals surface area contributed by atoms with Crippen molar-refractivity contribution in [2.75, 3.05) is 13.7 Å². The molecule has 2 aromatic rings. The summed E-state index contributed by atoms with van der Waals surface area (Å²) in [7, 11) is 1.27. The average molecular weight is 410 g/mol. The maximum absolute atomic E-state index is 12.4. The van der Waals surface area contributed by atoms with E-state index in [1.165, 1.54) is 25.5 Å². The molecule has 0 radical (unpaired) electrons. The van der Waals surface area contributed by atoms with Gasteiger partial charge in [-0.25, -0.2) is 5.43 Å². The number of alkyl halides is 2. The topological polar surface area (TPSA) is 92.9 Å². The van der Waals surface area contributed by atoms with Gasteiger partial charge < -0.3 is 14.2 Å². The summed E-state index contributed by atoms with van der Waals surface area (Å²) in [5.74, 6) is -0.614. The first kappa shape index (κ1) is 20.9. The number of hydrogen-bond acceptors (Lipinski definition) is 6. The number of carbonyl (C=O) groups excluding carboxylic acids is 1.